The fourth-order valence-corrected chi connectivity index (χ4v) is 9.20. The van der Waals surface area contributed by atoms with Crippen LogP contribution in [0.15, 0.2) is 55.6 Å². The van der Waals surface area contributed by atoms with Crippen molar-refractivity contribution >= 4 is 17.7 Å². The van der Waals surface area contributed by atoms with Crippen LogP contribution in [0, 0.1) is 29.1 Å². The summed E-state index contributed by atoms with van der Waals surface area (Å²) in [5.74, 6) is -2.49. The first-order valence-electron chi connectivity index (χ1n) is 17.4. The van der Waals surface area contributed by atoms with E-state index in [2.05, 4.69) is 54.7 Å². The van der Waals surface area contributed by atoms with Gasteiger partial charge < -0.3 is 24.5 Å². The predicted octanol–water partition coefficient (Wildman–Crippen LogP) is 5.85. The van der Waals surface area contributed by atoms with Crippen molar-refractivity contribution in [3.8, 4) is 0 Å². The fraction of sp³-hybridized carbons (Fsp3) is 0.667. The highest BCUT2D eigenvalue weighted by atomic mass is 16.5. The Kier molecular flexibility index (Phi) is 10.6. The molecule has 3 aliphatic rings. The van der Waals surface area contributed by atoms with E-state index in [1.165, 1.54) is 0 Å². The summed E-state index contributed by atoms with van der Waals surface area (Å²) in [6.07, 6.45) is 5.34. The zero-order valence-electron chi connectivity index (χ0n) is 30.3. The molecule has 260 valence electrons. The van der Waals surface area contributed by atoms with Crippen molar-refractivity contribution in [3.05, 3.63) is 61.2 Å². The van der Waals surface area contributed by atoms with Crippen molar-refractivity contribution in [1.82, 2.24) is 14.7 Å². The van der Waals surface area contributed by atoms with Crippen LogP contribution in [0.3, 0.4) is 0 Å². The number of fused-ring (bicyclic) bond motifs is 1. The van der Waals surface area contributed by atoms with Gasteiger partial charge in [0.25, 0.3) is 0 Å². The molecular formula is C39H59N3O5. The maximum atomic E-state index is 15.3. The first-order valence-corrected chi connectivity index (χ1v) is 17.4. The fourth-order valence-electron chi connectivity index (χ4n) is 9.20. The maximum Gasteiger partial charge on any atom is 0.249 e. The van der Waals surface area contributed by atoms with Crippen molar-refractivity contribution in [3.63, 3.8) is 0 Å². The molecule has 0 aromatic heterocycles. The van der Waals surface area contributed by atoms with Crippen LogP contribution in [0.4, 0.5) is 0 Å². The number of aliphatic hydroxyl groups is 1. The third kappa shape index (κ3) is 6.44. The Hall–Kier alpha value is -2.97. The van der Waals surface area contributed by atoms with E-state index >= 15 is 9.59 Å². The van der Waals surface area contributed by atoms with E-state index in [1.807, 2.05) is 56.0 Å². The molecule has 4 rings (SSSR count). The summed E-state index contributed by atoms with van der Waals surface area (Å²) in [4.78, 5) is 50.3. The Morgan fingerprint density at radius 3 is 2.26 bits per heavy atom. The molecule has 0 radical (unpaired) electrons. The Labute approximate surface area is 283 Å². The Bertz CT molecular complexity index is 1340. The molecule has 3 saturated heterocycles. The van der Waals surface area contributed by atoms with E-state index in [9.17, 15) is 9.90 Å². The van der Waals surface area contributed by atoms with Crippen molar-refractivity contribution in [2.45, 2.75) is 117 Å². The number of rotatable bonds is 14. The molecule has 0 saturated carbocycles. The monoisotopic (exact) mass is 649 g/mol. The predicted molar refractivity (Wildman–Crippen MR) is 186 cm³/mol. The van der Waals surface area contributed by atoms with Gasteiger partial charge in [0, 0.05) is 25.2 Å². The van der Waals surface area contributed by atoms with Gasteiger partial charge in [0.05, 0.1) is 30.1 Å². The molecular weight excluding hydrogens is 590 g/mol. The minimum atomic E-state index is -1.21. The second-order valence-electron chi connectivity index (χ2n) is 16.4. The summed E-state index contributed by atoms with van der Waals surface area (Å²) in [6.45, 7) is 27.2. The lowest BCUT2D eigenvalue weighted by Crippen LogP contribution is -2.63. The Morgan fingerprint density at radius 2 is 1.72 bits per heavy atom. The second kappa shape index (κ2) is 13.5. The highest BCUT2D eigenvalue weighted by Crippen LogP contribution is 2.66. The largest absolute Gasteiger partial charge is 0.394 e. The van der Waals surface area contributed by atoms with Crippen molar-refractivity contribution < 1.29 is 24.2 Å². The van der Waals surface area contributed by atoms with Gasteiger partial charge in [-0.1, -0.05) is 90.4 Å². The van der Waals surface area contributed by atoms with Gasteiger partial charge in [0.1, 0.15) is 11.6 Å². The SMILES string of the molecule is C=CCN(Cc1ccccc1)C(=O)[C@H]1[C@H]2C(=O)N([C@@H](CO)[C@@H](C)CC)C(C(=O)N(CC=C)C(C)(C)CC(C)(C)C)C23CC(C)[C@]1(C)O3. The number of carbonyl (C=O) groups excluding carboxylic acids is 3. The molecule has 47 heavy (non-hydrogen) atoms. The molecule has 8 atom stereocenters. The quantitative estimate of drug-likeness (QED) is 0.256. The zero-order chi connectivity index (χ0) is 35.1. The number of benzene rings is 1. The summed E-state index contributed by atoms with van der Waals surface area (Å²) >= 11 is 0. The molecule has 3 amide bonds. The molecule has 8 nitrogen and oxygen atoms in total. The normalized spacial score (nSPS) is 29.7. The van der Waals surface area contributed by atoms with Gasteiger partial charge in [-0.05, 0) is 56.4 Å². The van der Waals surface area contributed by atoms with Crippen LogP contribution in [0.1, 0.15) is 87.1 Å². The lowest BCUT2D eigenvalue weighted by atomic mass is 9.62. The van der Waals surface area contributed by atoms with E-state index in [1.54, 1.807) is 22.0 Å². The maximum absolute atomic E-state index is 15.3. The lowest BCUT2D eigenvalue weighted by Gasteiger charge is -2.47. The topological polar surface area (TPSA) is 90.4 Å². The minimum absolute atomic E-state index is 0.0747. The third-order valence-electron chi connectivity index (χ3n) is 11.2. The van der Waals surface area contributed by atoms with Crippen LogP contribution < -0.4 is 0 Å². The van der Waals surface area contributed by atoms with Crippen LogP contribution in [-0.2, 0) is 25.7 Å². The first kappa shape index (κ1) is 36.9. The Balaban J connectivity index is 1.89. The second-order valence-corrected chi connectivity index (χ2v) is 16.4. The molecule has 3 aliphatic heterocycles. The molecule has 2 bridgehead atoms. The molecule has 3 fully saturated rings. The molecule has 8 heteroatoms. The standard InChI is InChI=1S/C39H59N3O5/c1-12-20-40(23-28-18-16-15-17-19-28)33(44)30-31-34(45)42(29(24-43)26(4)14-3)32(39(31)22-27(5)38(30,11)47-39)35(46)41(21-13-2)37(9,10)25-36(6,7)8/h12-13,15-19,26-27,29-32,43H,1-2,14,20-25H2,3-11H3/t26-,27?,29-,30+,31-,32?,38-,39?/m0/s1. The van der Waals surface area contributed by atoms with E-state index in [0.717, 1.165) is 12.0 Å². The van der Waals surface area contributed by atoms with Crippen LogP contribution in [0.25, 0.3) is 0 Å². The number of hydrogen-bond acceptors (Lipinski definition) is 5. The van der Waals surface area contributed by atoms with E-state index in [4.69, 9.17) is 4.74 Å². The molecule has 1 aromatic rings. The van der Waals surface area contributed by atoms with Crippen molar-refractivity contribution in [1.29, 1.82) is 0 Å². The van der Waals surface area contributed by atoms with Gasteiger partial charge in [-0.25, -0.2) is 0 Å². The molecule has 0 aliphatic carbocycles. The van der Waals surface area contributed by atoms with Gasteiger partial charge in [0.15, 0.2) is 0 Å². The number of amides is 3. The van der Waals surface area contributed by atoms with Crippen LogP contribution >= 0.6 is 0 Å². The summed E-state index contributed by atoms with van der Waals surface area (Å²) in [7, 11) is 0. The minimum Gasteiger partial charge on any atom is -0.394 e. The Morgan fingerprint density at radius 1 is 1.11 bits per heavy atom. The van der Waals surface area contributed by atoms with Gasteiger partial charge in [-0.3, -0.25) is 14.4 Å². The van der Waals surface area contributed by atoms with Gasteiger partial charge in [-0.2, -0.15) is 0 Å². The number of hydrogen-bond donors (Lipinski definition) is 1. The number of nitrogens with zero attached hydrogens (tertiary/aromatic N) is 3. The summed E-state index contributed by atoms with van der Waals surface area (Å²) in [6, 6.07) is 8.20. The van der Waals surface area contributed by atoms with Crippen LogP contribution in [0.2, 0.25) is 0 Å². The average Bonchev–Trinajstić information content (AvgIpc) is 3.51. The van der Waals surface area contributed by atoms with Gasteiger partial charge in [-0.15, -0.1) is 13.2 Å². The van der Waals surface area contributed by atoms with Gasteiger partial charge >= 0.3 is 0 Å². The summed E-state index contributed by atoms with van der Waals surface area (Å²) in [5, 5.41) is 10.8. The van der Waals surface area contributed by atoms with E-state index < -0.39 is 40.7 Å². The summed E-state index contributed by atoms with van der Waals surface area (Å²) in [5.41, 5.74) is -1.84. The number of ether oxygens (including phenoxy) is 1. The molecule has 1 N–H and O–H groups in total. The van der Waals surface area contributed by atoms with Gasteiger partial charge in [0.2, 0.25) is 17.7 Å². The average molecular weight is 650 g/mol. The highest BCUT2D eigenvalue weighted by Gasteiger charge is 2.80. The van der Waals surface area contributed by atoms with Crippen molar-refractivity contribution in [2.24, 2.45) is 29.1 Å². The van der Waals surface area contributed by atoms with Crippen LogP contribution in [-0.4, -0.2) is 86.0 Å². The van der Waals surface area contributed by atoms with E-state index in [-0.39, 0.29) is 41.6 Å². The first-order chi connectivity index (χ1) is 21.9. The highest BCUT2D eigenvalue weighted by molar-refractivity contribution is 5.99. The smallest absolute Gasteiger partial charge is 0.249 e. The number of carbonyl (C=O) groups is 3. The van der Waals surface area contributed by atoms with E-state index in [0.29, 0.717) is 32.5 Å². The zero-order valence-corrected chi connectivity index (χ0v) is 30.3. The number of aliphatic hydroxyl groups excluding tert-OH is 1. The molecule has 3 heterocycles. The molecule has 1 aromatic carbocycles. The summed E-state index contributed by atoms with van der Waals surface area (Å²) < 4.78 is 7.09. The number of likely N-dealkylation sites (tertiary alicyclic amines) is 1. The molecule has 1 spiro atoms. The molecule has 3 unspecified atom stereocenters. The van der Waals surface area contributed by atoms with Crippen LogP contribution in [0.5, 0.6) is 0 Å². The lowest BCUT2D eigenvalue weighted by molar-refractivity contribution is -0.162. The van der Waals surface area contributed by atoms with Crippen molar-refractivity contribution in [2.75, 3.05) is 19.7 Å². The third-order valence-corrected chi connectivity index (χ3v) is 11.2.